The van der Waals surface area contributed by atoms with E-state index in [9.17, 15) is 0 Å². The van der Waals surface area contributed by atoms with E-state index in [-0.39, 0.29) is 13.4 Å². The van der Waals surface area contributed by atoms with Crippen molar-refractivity contribution in [2.24, 2.45) is 0 Å². The molecule has 8 aromatic rings. The van der Waals surface area contributed by atoms with Crippen molar-refractivity contribution in [3.8, 4) is 56.0 Å². The minimum Gasteiger partial charge on any atom is -0.497 e. The summed E-state index contributed by atoms with van der Waals surface area (Å²) in [7, 11) is 3.58. The van der Waals surface area contributed by atoms with Gasteiger partial charge in [0, 0.05) is 0 Å². The van der Waals surface area contributed by atoms with Crippen LogP contribution in [-0.2, 0) is 0 Å². The van der Waals surface area contributed by atoms with Crippen molar-refractivity contribution in [1.82, 2.24) is 0 Å². The Kier molecular flexibility index (Phi) is 4.44. The molecule has 4 aliphatic heterocycles. The largest absolute Gasteiger partial charge is 0.497 e. The van der Waals surface area contributed by atoms with Gasteiger partial charge in [0.15, 0.2) is 0 Å². The van der Waals surface area contributed by atoms with Gasteiger partial charge in [0.25, 0.3) is 0 Å². The number of methoxy groups -OCH3 is 2. The zero-order valence-electron chi connectivity index (χ0n) is 27.2. The van der Waals surface area contributed by atoms with E-state index in [2.05, 4.69) is 111 Å². The van der Waals surface area contributed by atoms with E-state index in [0.717, 1.165) is 11.5 Å². The molecule has 0 saturated carbocycles. The second-order valence-corrected chi connectivity index (χ2v) is 14.3. The lowest BCUT2D eigenvalue weighted by molar-refractivity contribution is 0.415. The lowest BCUT2D eigenvalue weighted by Crippen LogP contribution is -2.53. The van der Waals surface area contributed by atoms with Crippen molar-refractivity contribution in [1.29, 1.82) is 0 Å². The normalized spacial score (nSPS) is 13.8. The van der Waals surface area contributed by atoms with Crippen LogP contribution in [0.3, 0.4) is 0 Å². The van der Waals surface area contributed by atoms with Gasteiger partial charge in [0.2, 0.25) is 13.4 Å². The van der Waals surface area contributed by atoms with Gasteiger partial charge in [-0.3, -0.25) is 0 Å². The van der Waals surface area contributed by atoms with Gasteiger partial charge in [-0.05, 0) is 126 Å². The first-order valence-electron chi connectivity index (χ1n) is 17.0. The summed E-state index contributed by atoms with van der Waals surface area (Å²) in [5.41, 5.74) is 21.7. The van der Waals surface area contributed by atoms with Crippen LogP contribution in [0.5, 0.6) is 11.5 Å². The summed E-state index contributed by atoms with van der Waals surface area (Å²) in [6, 6.07) is 37.2. The fourth-order valence-corrected chi connectivity index (χ4v) is 10.4. The number of hydrogen-bond donors (Lipinski definition) is 0. The number of benzene rings is 8. The molecule has 48 heavy (non-hydrogen) atoms. The quantitative estimate of drug-likeness (QED) is 0.172. The van der Waals surface area contributed by atoms with E-state index in [4.69, 9.17) is 9.47 Å². The second-order valence-electron chi connectivity index (χ2n) is 14.3. The standard InChI is InChI=1S/C44H28B2O2/c1-21-13-29-33-17-23(47-3)15-31-25-9-6-8-12-36(25)46(43(31)33)38-20-28-22(2)14-30-34-18-24(48-4)16-32-26-10-5-7-11-35(26)45(44(32)34)37-19-27(21)41(39(29)38)42(28)40(30)37/h5-20H,1-4H3. The minimum absolute atomic E-state index is 0.194. The summed E-state index contributed by atoms with van der Waals surface area (Å²) in [6.45, 7) is 5.03. The molecule has 4 aliphatic rings. The lowest BCUT2D eigenvalue weighted by atomic mass is 9.34. The highest BCUT2D eigenvalue weighted by Crippen LogP contribution is 2.48. The van der Waals surface area contributed by atoms with Crippen LogP contribution in [0.2, 0.25) is 0 Å². The van der Waals surface area contributed by atoms with Gasteiger partial charge in [-0.25, -0.2) is 0 Å². The zero-order chi connectivity index (χ0) is 31.7. The molecule has 0 spiro atoms. The molecule has 0 amide bonds. The molecule has 0 aliphatic carbocycles. The molecule has 0 N–H and O–H groups in total. The summed E-state index contributed by atoms with van der Waals surface area (Å²) >= 11 is 0. The summed E-state index contributed by atoms with van der Waals surface area (Å²) in [5, 5.41) is 8.39. The second kappa shape index (κ2) is 8.32. The van der Waals surface area contributed by atoms with Crippen molar-refractivity contribution < 1.29 is 9.47 Å². The third kappa shape index (κ3) is 2.72. The summed E-state index contributed by atoms with van der Waals surface area (Å²) in [6.07, 6.45) is 0. The van der Waals surface area contributed by atoms with Crippen molar-refractivity contribution in [3.05, 3.63) is 108 Å². The molecule has 0 atom stereocenters. The Balaban J connectivity index is 1.31. The summed E-state index contributed by atoms with van der Waals surface area (Å²) in [4.78, 5) is 0. The van der Waals surface area contributed by atoms with Gasteiger partial charge in [0.05, 0.1) is 14.2 Å². The maximum Gasteiger partial charge on any atom is 0.244 e. The SMILES string of the molecule is COc1cc2c3c(c1)-c1cc(C)c4cc5c6c(cc(C)c7cc(c1c4c76)B3c1ccccc1-2)-c1cc(OC)cc2c1B5c1ccccc1-2. The number of fused-ring (bicyclic) bond motifs is 10. The van der Waals surface area contributed by atoms with Gasteiger partial charge in [-0.15, -0.1) is 0 Å². The molecule has 12 rings (SSSR count). The topological polar surface area (TPSA) is 18.5 Å². The molecule has 0 saturated heterocycles. The van der Waals surface area contributed by atoms with Crippen LogP contribution >= 0.6 is 0 Å². The molecule has 0 aromatic heterocycles. The van der Waals surface area contributed by atoms with E-state index in [1.54, 1.807) is 14.2 Å². The molecule has 8 aromatic carbocycles. The van der Waals surface area contributed by atoms with E-state index in [0.29, 0.717) is 0 Å². The lowest BCUT2D eigenvalue weighted by Gasteiger charge is -2.32. The number of hydrogen-bond acceptors (Lipinski definition) is 2. The van der Waals surface area contributed by atoms with Crippen LogP contribution in [-0.4, -0.2) is 27.6 Å². The molecule has 4 heteroatoms. The van der Waals surface area contributed by atoms with Crippen molar-refractivity contribution in [3.63, 3.8) is 0 Å². The molecule has 0 bridgehead atoms. The van der Waals surface area contributed by atoms with Gasteiger partial charge in [-0.2, -0.15) is 0 Å². The van der Waals surface area contributed by atoms with Crippen LogP contribution in [0.1, 0.15) is 11.1 Å². The Morgan fingerprint density at radius 3 is 1.21 bits per heavy atom. The van der Waals surface area contributed by atoms with Gasteiger partial charge < -0.3 is 9.47 Å². The summed E-state index contributed by atoms with van der Waals surface area (Å²) in [5.74, 6) is 1.84. The fourth-order valence-electron chi connectivity index (χ4n) is 10.4. The van der Waals surface area contributed by atoms with Crippen LogP contribution in [0.15, 0.2) is 97.1 Å². The van der Waals surface area contributed by atoms with Crippen LogP contribution in [0.4, 0.5) is 0 Å². The zero-order valence-corrected chi connectivity index (χ0v) is 27.2. The number of rotatable bonds is 2. The maximum atomic E-state index is 5.95. The highest BCUT2D eigenvalue weighted by molar-refractivity contribution is 7.03. The first-order valence-corrected chi connectivity index (χ1v) is 17.0. The Morgan fingerprint density at radius 2 is 0.792 bits per heavy atom. The highest BCUT2D eigenvalue weighted by Gasteiger charge is 2.44. The molecule has 2 nitrogen and oxygen atoms in total. The molecule has 0 radical (unpaired) electrons. The minimum atomic E-state index is 0.194. The highest BCUT2D eigenvalue weighted by atomic mass is 16.5. The van der Waals surface area contributed by atoms with Crippen LogP contribution in [0.25, 0.3) is 76.8 Å². The number of aryl methyl sites for hydroxylation is 2. The van der Waals surface area contributed by atoms with Crippen molar-refractivity contribution >= 4 is 78.5 Å². The maximum absolute atomic E-state index is 5.95. The Labute approximate surface area is 279 Å². The molecular formula is C44H28B2O2. The number of ether oxygens (including phenoxy) is 2. The Bertz CT molecular complexity index is 2650. The van der Waals surface area contributed by atoms with E-state index >= 15 is 0 Å². The van der Waals surface area contributed by atoms with E-state index in [1.165, 1.54) is 121 Å². The third-order valence-electron chi connectivity index (χ3n) is 12.3. The molecule has 0 unspecified atom stereocenters. The Morgan fingerprint density at radius 1 is 0.396 bits per heavy atom. The first-order chi connectivity index (χ1) is 23.6. The average molecular weight is 610 g/mol. The Hall–Kier alpha value is -5.47. The fraction of sp³-hybridized carbons (Fsp3) is 0.0909. The average Bonchev–Trinajstić information content (AvgIpc) is 3.63. The van der Waals surface area contributed by atoms with Gasteiger partial charge in [-0.1, -0.05) is 106 Å². The van der Waals surface area contributed by atoms with Crippen LogP contribution in [0, 0.1) is 13.8 Å². The molecular weight excluding hydrogens is 582 g/mol. The van der Waals surface area contributed by atoms with E-state index < -0.39 is 0 Å². The first kappa shape index (κ1) is 25.6. The predicted molar refractivity (Wildman–Crippen MR) is 204 cm³/mol. The monoisotopic (exact) mass is 610 g/mol. The van der Waals surface area contributed by atoms with Gasteiger partial charge in [0.1, 0.15) is 11.5 Å². The van der Waals surface area contributed by atoms with E-state index in [1.807, 2.05) is 0 Å². The molecule has 0 fully saturated rings. The molecule has 222 valence electrons. The van der Waals surface area contributed by atoms with Gasteiger partial charge >= 0.3 is 0 Å². The predicted octanol–water partition coefficient (Wildman–Crippen LogP) is 6.17. The van der Waals surface area contributed by atoms with Crippen molar-refractivity contribution in [2.75, 3.05) is 14.2 Å². The van der Waals surface area contributed by atoms with Crippen LogP contribution < -0.4 is 42.3 Å². The van der Waals surface area contributed by atoms with Crippen molar-refractivity contribution in [2.45, 2.75) is 13.8 Å². The molecule has 4 heterocycles. The third-order valence-corrected chi connectivity index (χ3v) is 12.3. The summed E-state index contributed by atoms with van der Waals surface area (Å²) < 4.78 is 11.9. The smallest absolute Gasteiger partial charge is 0.244 e.